The van der Waals surface area contributed by atoms with E-state index in [9.17, 15) is 0 Å². The van der Waals surface area contributed by atoms with E-state index in [2.05, 4.69) is 112 Å². The van der Waals surface area contributed by atoms with Crippen molar-refractivity contribution in [2.24, 2.45) is 0 Å². The maximum atomic E-state index is 2.30. The van der Waals surface area contributed by atoms with Crippen LogP contribution in [0.3, 0.4) is 0 Å². The molecule has 3 heteroatoms. The maximum Gasteiger partial charge on any atom is 0.0144 e. The number of hydrogen-bond acceptors (Lipinski definition) is 3. The van der Waals surface area contributed by atoms with Crippen LogP contribution in [0.5, 0.6) is 0 Å². The highest BCUT2D eigenvalue weighted by Gasteiger charge is 2.07. The van der Waals surface area contributed by atoms with Crippen LogP contribution in [-0.2, 0) is 0 Å². The van der Waals surface area contributed by atoms with E-state index in [1.807, 2.05) is 35.3 Å². The summed E-state index contributed by atoms with van der Waals surface area (Å²) < 4.78 is 0. The molecule has 0 N–H and O–H groups in total. The summed E-state index contributed by atoms with van der Waals surface area (Å²) in [4.78, 5) is 7.61. The van der Waals surface area contributed by atoms with Gasteiger partial charge in [-0.25, -0.2) is 0 Å². The van der Waals surface area contributed by atoms with Gasteiger partial charge in [-0.3, -0.25) is 0 Å². The molecule has 4 rings (SSSR count). The molecule has 150 valence electrons. The normalized spacial score (nSPS) is 10.9. The van der Waals surface area contributed by atoms with Crippen molar-refractivity contribution in [3.63, 3.8) is 0 Å². The summed E-state index contributed by atoms with van der Waals surface area (Å²) in [7, 11) is 0. The molecule has 30 heavy (non-hydrogen) atoms. The Morgan fingerprint density at radius 3 is 0.800 bits per heavy atom. The number of hydrogen-bond donors (Lipinski definition) is 0. The molecule has 0 amide bonds. The molecule has 0 saturated heterocycles. The number of aryl methyl sites for hydroxylation is 3. The molecule has 0 nitrogen and oxygen atoms in total. The average Bonchev–Trinajstić information content (AvgIpc) is 2.73. The lowest BCUT2D eigenvalue weighted by Gasteiger charge is -2.10. The molecular weight excluding hydrogens is 420 g/mol. The first-order valence-corrected chi connectivity index (χ1v) is 12.4. The molecule has 0 aliphatic heterocycles. The quantitative estimate of drug-likeness (QED) is 0.291. The van der Waals surface area contributed by atoms with Crippen molar-refractivity contribution in [2.45, 2.75) is 50.1 Å². The minimum Gasteiger partial charge on any atom is -0.0900 e. The summed E-state index contributed by atoms with van der Waals surface area (Å²) in [6, 6.07) is 33.2. The second kappa shape index (κ2) is 9.82. The van der Waals surface area contributed by atoms with Crippen molar-refractivity contribution < 1.29 is 0 Å². The maximum absolute atomic E-state index is 2.30. The summed E-state index contributed by atoms with van der Waals surface area (Å²) in [5, 5.41) is 0. The molecule has 0 saturated carbocycles. The fourth-order valence-electron chi connectivity index (χ4n) is 2.95. The van der Waals surface area contributed by atoms with E-state index in [0.29, 0.717) is 0 Å². The Hall–Kier alpha value is -2.07. The molecule has 0 unspecified atom stereocenters. The van der Waals surface area contributed by atoms with Crippen molar-refractivity contribution >= 4 is 35.3 Å². The minimum absolute atomic E-state index is 1.27. The second-order valence-corrected chi connectivity index (χ2v) is 10.8. The summed E-state index contributed by atoms with van der Waals surface area (Å²) in [6.07, 6.45) is 0. The third-order valence-electron chi connectivity index (χ3n) is 4.62. The lowest BCUT2D eigenvalue weighted by Crippen LogP contribution is -1.82. The van der Waals surface area contributed by atoms with Gasteiger partial charge in [-0.1, -0.05) is 88.4 Å². The van der Waals surface area contributed by atoms with Crippen molar-refractivity contribution in [2.75, 3.05) is 0 Å². The molecule has 0 fully saturated rings. The third-order valence-corrected chi connectivity index (χ3v) is 7.56. The van der Waals surface area contributed by atoms with Gasteiger partial charge in [-0.2, -0.15) is 0 Å². The molecular formula is C27H24S3. The molecule has 0 radical (unpaired) electrons. The number of benzene rings is 4. The van der Waals surface area contributed by atoms with Gasteiger partial charge in [0.05, 0.1) is 0 Å². The Balaban J connectivity index is 1.64. The predicted octanol–water partition coefficient (Wildman–Crippen LogP) is 9.07. The van der Waals surface area contributed by atoms with Crippen LogP contribution in [0.1, 0.15) is 16.7 Å². The largest absolute Gasteiger partial charge is 0.0900 e. The van der Waals surface area contributed by atoms with E-state index in [4.69, 9.17) is 0 Å². The van der Waals surface area contributed by atoms with Gasteiger partial charge < -0.3 is 0 Å². The van der Waals surface area contributed by atoms with Crippen LogP contribution in [0.4, 0.5) is 0 Å². The fourth-order valence-corrected chi connectivity index (χ4v) is 5.92. The van der Waals surface area contributed by atoms with Crippen LogP contribution in [0.15, 0.2) is 120 Å². The molecule has 0 atom stereocenters. The van der Waals surface area contributed by atoms with Crippen molar-refractivity contribution in [3.05, 3.63) is 108 Å². The monoisotopic (exact) mass is 444 g/mol. The van der Waals surface area contributed by atoms with E-state index >= 15 is 0 Å². The predicted molar refractivity (Wildman–Crippen MR) is 132 cm³/mol. The Kier molecular flexibility index (Phi) is 6.93. The van der Waals surface area contributed by atoms with Gasteiger partial charge in [0, 0.05) is 29.4 Å². The van der Waals surface area contributed by atoms with Gasteiger partial charge >= 0.3 is 0 Å². The first-order chi connectivity index (χ1) is 14.5. The highest BCUT2D eigenvalue weighted by atomic mass is 32.2. The Bertz CT molecular complexity index is 954. The van der Waals surface area contributed by atoms with Gasteiger partial charge in [-0.05, 0) is 75.4 Å². The average molecular weight is 445 g/mol. The highest BCUT2D eigenvalue weighted by Crippen LogP contribution is 2.39. The standard InChI is InChI=1S/C27H24S3/c1-19-4-10-22(11-5-19)28-25-16-26(29-23-12-6-20(2)7-13-23)18-27(17-25)30-24-14-8-21(3)9-15-24/h4-18H,1-3H3. The molecule has 0 aliphatic carbocycles. The van der Waals surface area contributed by atoms with E-state index in [1.165, 1.54) is 46.1 Å². The Morgan fingerprint density at radius 1 is 0.333 bits per heavy atom. The van der Waals surface area contributed by atoms with Crippen molar-refractivity contribution in [1.29, 1.82) is 0 Å². The van der Waals surface area contributed by atoms with E-state index in [0.717, 1.165) is 0 Å². The smallest absolute Gasteiger partial charge is 0.0144 e. The Morgan fingerprint density at radius 2 is 0.567 bits per heavy atom. The van der Waals surface area contributed by atoms with Gasteiger partial charge in [0.25, 0.3) is 0 Å². The van der Waals surface area contributed by atoms with Crippen molar-refractivity contribution in [3.8, 4) is 0 Å². The molecule has 0 aliphatic rings. The number of rotatable bonds is 6. The van der Waals surface area contributed by atoms with Crippen LogP contribution in [0.25, 0.3) is 0 Å². The summed E-state index contributed by atoms with van der Waals surface area (Å²) >= 11 is 5.47. The molecule has 0 heterocycles. The molecule has 4 aromatic rings. The van der Waals surface area contributed by atoms with Crippen LogP contribution < -0.4 is 0 Å². The van der Waals surface area contributed by atoms with Crippen LogP contribution in [-0.4, -0.2) is 0 Å². The fraction of sp³-hybridized carbons (Fsp3) is 0.111. The lowest BCUT2D eigenvalue weighted by molar-refractivity contribution is 1.22. The van der Waals surface area contributed by atoms with Gasteiger partial charge in [-0.15, -0.1) is 0 Å². The molecule has 0 aromatic heterocycles. The van der Waals surface area contributed by atoms with Gasteiger partial charge in [0.1, 0.15) is 0 Å². The van der Waals surface area contributed by atoms with Crippen molar-refractivity contribution in [1.82, 2.24) is 0 Å². The Labute approximate surface area is 192 Å². The zero-order chi connectivity index (χ0) is 20.9. The summed E-state index contributed by atoms with van der Waals surface area (Å²) in [5.74, 6) is 0. The SMILES string of the molecule is Cc1ccc(Sc2cc(Sc3ccc(C)cc3)cc(Sc3ccc(C)cc3)c2)cc1. The molecule has 0 spiro atoms. The minimum atomic E-state index is 1.27. The topological polar surface area (TPSA) is 0 Å². The zero-order valence-corrected chi connectivity index (χ0v) is 19.8. The highest BCUT2D eigenvalue weighted by molar-refractivity contribution is 8.01. The van der Waals surface area contributed by atoms with Crippen LogP contribution in [0, 0.1) is 20.8 Å². The zero-order valence-electron chi connectivity index (χ0n) is 17.4. The van der Waals surface area contributed by atoms with Gasteiger partial charge in [0.15, 0.2) is 0 Å². The van der Waals surface area contributed by atoms with E-state index in [1.54, 1.807) is 0 Å². The van der Waals surface area contributed by atoms with Gasteiger partial charge in [0.2, 0.25) is 0 Å². The van der Waals surface area contributed by atoms with E-state index < -0.39 is 0 Å². The lowest BCUT2D eigenvalue weighted by atomic mass is 10.2. The summed E-state index contributed by atoms with van der Waals surface area (Å²) in [6.45, 7) is 6.39. The summed E-state index contributed by atoms with van der Waals surface area (Å²) in [5.41, 5.74) is 3.87. The third kappa shape index (κ3) is 5.98. The second-order valence-electron chi connectivity index (χ2n) is 7.39. The molecule has 4 aromatic carbocycles. The first-order valence-electron chi connectivity index (χ1n) is 9.92. The first kappa shape index (κ1) is 21.2. The van der Waals surface area contributed by atoms with Crippen LogP contribution >= 0.6 is 35.3 Å². The van der Waals surface area contributed by atoms with E-state index in [-0.39, 0.29) is 0 Å². The molecule has 0 bridgehead atoms. The van der Waals surface area contributed by atoms with Crippen LogP contribution in [0.2, 0.25) is 0 Å².